The van der Waals surface area contributed by atoms with Crippen molar-refractivity contribution in [2.75, 3.05) is 39.0 Å². The molecule has 0 fully saturated rings. The fraction of sp³-hybridized carbons (Fsp3) is 0.364. The van der Waals surface area contributed by atoms with Gasteiger partial charge in [0.1, 0.15) is 0 Å². The lowest BCUT2D eigenvalue weighted by molar-refractivity contribution is 0.0827. The molecule has 6 heteroatoms. The molecule has 2 N–H and O–H groups in total. The van der Waals surface area contributed by atoms with Crippen LogP contribution in [-0.2, 0) is 13.0 Å². The number of amides is 1. The van der Waals surface area contributed by atoms with E-state index < -0.39 is 0 Å². The summed E-state index contributed by atoms with van der Waals surface area (Å²) in [4.78, 5) is 16.0. The Bertz CT molecular complexity index is 820. The van der Waals surface area contributed by atoms with E-state index in [1.807, 2.05) is 24.3 Å². The monoisotopic (exact) mass is 396 g/mol. The molecule has 0 atom stereocenters. The molecule has 0 saturated carbocycles. The van der Waals surface area contributed by atoms with E-state index in [9.17, 15) is 4.79 Å². The Balaban J connectivity index is 1.36. The Labute approximate surface area is 172 Å². The minimum atomic E-state index is -0.00686. The number of fused-ring (bicyclic) bond motifs is 1. The van der Waals surface area contributed by atoms with E-state index in [-0.39, 0.29) is 5.91 Å². The average molecular weight is 397 g/mol. The van der Waals surface area contributed by atoms with E-state index in [1.165, 1.54) is 11.1 Å². The summed E-state index contributed by atoms with van der Waals surface area (Å²) in [6, 6.07) is 16.1. The van der Waals surface area contributed by atoms with Gasteiger partial charge in [0.2, 0.25) is 0 Å². The van der Waals surface area contributed by atoms with Crippen molar-refractivity contribution in [2.45, 2.75) is 19.4 Å². The number of hydrogen-bond donors (Lipinski definition) is 2. The number of nitrogens with one attached hydrogen (secondary N) is 2. The summed E-state index contributed by atoms with van der Waals surface area (Å²) in [5.41, 5.74) is 4.48. The van der Waals surface area contributed by atoms with Gasteiger partial charge in [-0.1, -0.05) is 24.3 Å². The Morgan fingerprint density at radius 1 is 1.11 bits per heavy atom. The molecule has 0 aromatic heterocycles. The molecule has 148 valence electrons. The summed E-state index contributed by atoms with van der Waals surface area (Å²) in [7, 11) is 3.49. The van der Waals surface area contributed by atoms with Gasteiger partial charge in [0.15, 0.2) is 5.11 Å². The normalized spacial score (nSPS) is 13.5. The highest BCUT2D eigenvalue weighted by Gasteiger charge is 2.14. The zero-order valence-electron chi connectivity index (χ0n) is 16.6. The molecule has 2 aromatic rings. The van der Waals surface area contributed by atoms with Gasteiger partial charge >= 0.3 is 0 Å². The predicted octanol–water partition coefficient (Wildman–Crippen LogP) is 3.12. The molecular formula is C22H28N4OS. The molecule has 1 amide bonds. The molecule has 28 heavy (non-hydrogen) atoms. The molecule has 0 spiro atoms. The van der Waals surface area contributed by atoms with E-state index in [0.717, 1.165) is 44.7 Å². The van der Waals surface area contributed by atoms with Crippen molar-refractivity contribution in [1.29, 1.82) is 0 Å². The van der Waals surface area contributed by atoms with Crippen molar-refractivity contribution in [2.24, 2.45) is 0 Å². The molecular weight excluding hydrogens is 368 g/mol. The fourth-order valence-corrected chi connectivity index (χ4v) is 3.60. The van der Waals surface area contributed by atoms with Gasteiger partial charge in [-0.15, -0.1) is 0 Å². The van der Waals surface area contributed by atoms with Crippen LogP contribution in [-0.4, -0.2) is 54.5 Å². The molecule has 0 bridgehead atoms. The lowest BCUT2D eigenvalue weighted by Crippen LogP contribution is -2.34. The van der Waals surface area contributed by atoms with Crippen LogP contribution < -0.4 is 10.6 Å². The molecule has 3 rings (SSSR count). The smallest absolute Gasteiger partial charge is 0.253 e. The highest BCUT2D eigenvalue weighted by molar-refractivity contribution is 7.80. The van der Waals surface area contributed by atoms with Crippen LogP contribution in [0, 0.1) is 0 Å². The number of rotatable bonds is 6. The minimum absolute atomic E-state index is 0.00686. The number of benzene rings is 2. The van der Waals surface area contributed by atoms with Crippen molar-refractivity contribution in [3.63, 3.8) is 0 Å². The van der Waals surface area contributed by atoms with Crippen LogP contribution in [0.4, 0.5) is 5.69 Å². The van der Waals surface area contributed by atoms with E-state index in [2.05, 4.69) is 39.8 Å². The summed E-state index contributed by atoms with van der Waals surface area (Å²) in [6.07, 6.45) is 2.18. The number of nitrogens with zero attached hydrogens (tertiary/aromatic N) is 2. The van der Waals surface area contributed by atoms with E-state index in [0.29, 0.717) is 10.7 Å². The molecule has 2 aromatic carbocycles. The van der Waals surface area contributed by atoms with Gasteiger partial charge in [-0.3, -0.25) is 9.69 Å². The Morgan fingerprint density at radius 2 is 1.82 bits per heavy atom. The maximum atomic E-state index is 11.9. The number of carbonyl (C=O) groups excluding carboxylic acids is 1. The average Bonchev–Trinajstić information content (AvgIpc) is 2.71. The van der Waals surface area contributed by atoms with Crippen LogP contribution in [0.3, 0.4) is 0 Å². The maximum absolute atomic E-state index is 11.9. The van der Waals surface area contributed by atoms with Crippen LogP contribution in [0.1, 0.15) is 27.9 Å². The zero-order valence-corrected chi connectivity index (χ0v) is 17.4. The Kier molecular flexibility index (Phi) is 7.01. The quantitative estimate of drug-likeness (QED) is 0.580. The van der Waals surface area contributed by atoms with Crippen LogP contribution >= 0.6 is 12.2 Å². The Morgan fingerprint density at radius 3 is 2.54 bits per heavy atom. The highest BCUT2D eigenvalue weighted by Crippen LogP contribution is 2.18. The first kappa shape index (κ1) is 20.3. The van der Waals surface area contributed by atoms with Crippen molar-refractivity contribution in [3.05, 3.63) is 65.2 Å². The summed E-state index contributed by atoms with van der Waals surface area (Å²) in [5, 5.41) is 7.04. The number of thiocarbonyl (C=S) groups is 1. The molecule has 1 aliphatic heterocycles. The summed E-state index contributed by atoms with van der Waals surface area (Å²) < 4.78 is 0. The minimum Gasteiger partial charge on any atom is -0.362 e. The second-order valence-electron chi connectivity index (χ2n) is 7.31. The standard InChI is InChI=1S/C22H28N4OS/c1-25(2)21(27)18-8-10-20(11-9-18)24-22(28)23-13-5-14-26-15-12-17-6-3-4-7-19(17)16-26/h3-4,6-11H,5,12-16H2,1-2H3,(H2,23,24,28). The molecule has 5 nitrogen and oxygen atoms in total. The Hall–Kier alpha value is -2.44. The third-order valence-corrected chi connectivity index (χ3v) is 5.19. The SMILES string of the molecule is CN(C)C(=O)c1ccc(NC(=S)NCCCN2CCc3ccccc3C2)cc1. The van der Waals surface area contributed by atoms with Gasteiger partial charge < -0.3 is 15.5 Å². The molecule has 0 radical (unpaired) electrons. The molecule has 1 heterocycles. The van der Waals surface area contributed by atoms with Gasteiger partial charge in [0.25, 0.3) is 5.91 Å². The van der Waals surface area contributed by atoms with Gasteiger partial charge in [-0.2, -0.15) is 0 Å². The van der Waals surface area contributed by atoms with E-state index >= 15 is 0 Å². The highest BCUT2D eigenvalue weighted by atomic mass is 32.1. The first-order valence-corrected chi connectivity index (χ1v) is 10.1. The maximum Gasteiger partial charge on any atom is 0.253 e. The van der Waals surface area contributed by atoms with E-state index in [1.54, 1.807) is 19.0 Å². The van der Waals surface area contributed by atoms with Gasteiger partial charge in [-0.05, 0) is 60.5 Å². The lowest BCUT2D eigenvalue weighted by Gasteiger charge is -2.28. The second-order valence-corrected chi connectivity index (χ2v) is 7.71. The topological polar surface area (TPSA) is 47.6 Å². The molecule has 0 saturated heterocycles. The predicted molar refractivity (Wildman–Crippen MR) is 119 cm³/mol. The largest absolute Gasteiger partial charge is 0.362 e. The van der Waals surface area contributed by atoms with Crippen LogP contribution in [0.2, 0.25) is 0 Å². The van der Waals surface area contributed by atoms with Crippen molar-refractivity contribution in [3.8, 4) is 0 Å². The molecule has 0 aliphatic carbocycles. The van der Waals surface area contributed by atoms with Gasteiger partial charge in [0, 0.05) is 51.5 Å². The van der Waals surface area contributed by atoms with E-state index in [4.69, 9.17) is 12.2 Å². The van der Waals surface area contributed by atoms with Gasteiger partial charge in [0.05, 0.1) is 0 Å². The van der Waals surface area contributed by atoms with Crippen LogP contribution in [0.25, 0.3) is 0 Å². The number of carbonyl (C=O) groups is 1. The van der Waals surface area contributed by atoms with Crippen LogP contribution in [0.15, 0.2) is 48.5 Å². The van der Waals surface area contributed by atoms with Crippen LogP contribution in [0.5, 0.6) is 0 Å². The molecule has 0 unspecified atom stereocenters. The summed E-state index contributed by atoms with van der Waals surface area (Å²) in [6.45, 7) is 4.06. The van der Waals surface area contributed by atoms with Crippen molar-refractivity contribution in [1.82, 2.24) is 15.1 Å². The third-order valence-electron chi connectivity index (χ3n) is 4.94. The zero-order chi connectivity index (χ0) is 19.9. The van der Waals surface area contributed by atoms with Crippen molar-refractivity contribution < 1.29 is 4.79 Å². The van der Waals surface area contributed by atoms with Crippen molar-refractivity contribution >= 4 is 28.9 Å². The molecule has 1 aliphatic rings. The first-order valence-electron chi connectivity index (χ1n) is 9.68. The number of hydrogen-bond acceptors (Lipinski definition) is 3. The summed E-state index contributed by atoms with van der Waals surface area (Å²) in [5.74, 6) is -0.00686. The first-order chi connectivity index (χ1) is 13.5. The third kappa shape index (κ3) is 5.53. The van der Waals surface area contributed by atoms with Gasteiger partial charge in [-0.25, -0.2) is 0 Å². The number of anilines is 1. The fourth-order valence-electron chi connectivity index (χ4n) is 3.38. The second kappa shape index (κ2) is 9.66. The lowest BCUT2D eigenvalue weighted by atomic mass is 10.00. The summed E-state index contributed by atoms with van der Waals surface area (Å²) >= 11 is 5.37.